The first-order chi connectivity index (χ1) is 11.7. The van der Waals surface area contributed by atoms with Crippen LogP contribution in [0.25, 0.3) is 0 Å². The predicted molar refractivity (Wildman–Crippen MR) is 90.8 cm³/mol. The Bertz CT molecular complexity index is 578. The van der Waals surface area contributed by atoms with Gasteiger partial charge < -0.3 is 20.3 Å². The summed E-state index contributed by atoms with van der Waals surface area (Å²) in [4.78, 5) is 29.4. The maximum Gasteiger partial charge on any atom is 0.409 e. The van der Waals surface area contributed by atoms with Crippen LogP contribution in [0, 0.1) is 5.92 Å². The molecule has 7 nitrogen and oxygen atoms in total. The number of pyridine rings is 1. The van der Waals surface area contributed by atoms with Gasteiger partial charge in [0.15, 0.2) is 0 Å². The van der Waals surface area contributed by atoms with Gasteiger partial charge >= 0.3 is 6.09 Å². The maximum atomic E-state index is 11.7. The first-order valence-corrected chi connectivity index (χ1v) is 8.61. The molecule has 0 aromatic carbocycles. The summed E-state index contributed by atoms with van der Waals surface area (Å²) >= 11 is 0. The van der Waals surface area contributed by atoms with Gasteiger partial charge in [-0.25, -0.2) is 9.78 Å². The van der Waals surface area contributed by atoms with Crippen molar-refractivity contribution in [3.8, 4) is 0 Å². The lowest BCUT2D eigenvalue weighted by molar-refractivity contribution is -0.117. The highest BCUT2D eigenvalue weighted by atomic mass is 16.6. The number of ether oxygens (including phenoxy) is 1. The van der Waals surface area contributed by atoms with E-state index in [1.54, 1.807) is 11.1 Å². The smallest absolute Gasteiger partial charge is 0.409 e. The fourth-order valence-electron chi connectivity index (χ4n) is 2.78. The van der Waals surface area contributed by atoms with Crippen LogP contribution in [0.4, 0.5) is 16.3 Å². The lowest BCUT2D eigenvalue weighted by Crippen LogP contribution is -2.42. The van der Waals surface area contributed by atoms with Crippen LogP contribution >= 0.6 is 0 Å². The molecular weight excluding hydrogens is 308 g/mol. The second kappa shape index (κ2) is 7.51. The number of carbonyl (C=O) groups is 2. The number of carbonyl (C=O) groups excluding carboxylic acids is 2. The van der Waals surface area contributed by atoms with E-state index in [1.165, 1.54) is 0 Å². The Morgan fingerprint density at radius 3 is 2.58 bits per heavy atom. The maximum absolute atomic E-state index is 11.7. The molecule has 1 aliphatic carbocycles. The number of amides is 2. The van der Waals surface area contributed by atoms with Crippen LogP contribution in [0.2, 0.25) is 0 Å². The number of piperidine rings is 1. The van der Waals surface area contributed by atoms with E-state index in [9.17, 15) is 9.59 Å². The minimum Gasteiger partial charge on any atom is -0.450 e. The third-order valence-electron chi connectivity index (χ3n) is 4.35. The Kier molecular flexibility index (Phi) is 5.17. The fourth-order valence-corrected chi connectivity index (χ4v) is 2.78. The lowest BCUT2D eigenvalue weighted by atomic mass is 10.1. The highest BCUT2D eigenvalue weighted by Gasteiger charge is 2.29. The van der Waals surface area contributed by atoms with Gasteiger partial charge in [0.1, 0.15) is 5.82 Å². The van der Waals surface area contributed by atoms with Gasteiger partial charge in [-0.05, 0) is 44.7 Å². The van der Waals surface area contributed by atoms with Crippen LogP contribution in [0.5, 0.6) is 0 Å². The SMILES string of the molecule is CCOC(=O)N1CCC(Nc2ccc(NC(=O)C3CC3)nc2)CC1. The summed E-state index contributed by atoms with van der Waals surface area (Å²) in [6.45, 7) is 3.61. The van der Waals surface area contributed by atoms with Gasteiger partial charge in [-0.15, -0.1) is 0 Å². The van der Waals surface area contributed by atoms with E-state index in [0.29, 0.717) is 31.6 Å². The highest BCUT2D eigenvalue weighted by Crippen LogP contribution is 2.30. The van der Waals surface area contributed by atoms with Gasteiger partial charge in [-0.3, -0.25) is 4.79 Å². The monoisotopic (exact) mass is 332 g/mol. The Morgan fingerprint density at radius 2 is 2.00 bits per heavy atom. The van der Waals surface area contributed by atoms with Crippen LogP contribution in [0.1, 0.15) is 32.6 Å². The van der Waals surface area contributed by atoms with Crippen LogP contribution in [0.15, 0.2) is 18.3 Å². The third kappa shape index (κ3) is 4.37. The molecule has 2 aliphatic rings. The molecule has 2 heterocycles. The molecule has 1 aromatic rings. The number of nitrogens with zero attached hydrogens (tertiary/aromatic N) is 2. The molecule has 1 aromatic heterocycles. The summed E-state index contributed by atoms with van der Waals surface area (Å²) < 4.78 is 5.02. The molecule has 1 aliphatic heterocycles. The third-order valence-corrected chi connectivity index (χ3v) is 4.35. The average Bonchev–Trinajstić information content (AvgIpc) is 3.42. The Labute approximate surface area is 141 Å². The molecule has 1 saturated carbocycles. The van der Waals surface area contributed by atoms with Crippen LogP contribution in [0.3, 0.4) is 0 Å². The summed E-state index contributed by atoms with van der Waals surface area (Å²) in [6.07, 6.45) is 5.22. The minimum atomic E-state index is -0.228. The van der Waals surface area contributed by atoms with E-state index in [0.717, 1.165) is 31.4 Å². The summed E-state index contributed by atoms with van der Waals surface area (Å²) in [7, 11) is 0. The zero-order chi connectivity index (χ0) is 16.9. The molecule has 1 saturated heterocycles. The molecule has 0 spiro atoms. The van der Waals surface area contributed by atoms with E-state index in [1.807, 2.05) is 19.1 Å². The molecule has 24 heavy (non-hydrogen) atoms. The van der Waals surface area contributed by atoms with E-state index in [-0.39, 0.29) is 17.9 Å². The first kappa shape index (κ1) is 16.5. The highest BCUT2D eigenvalue weighted by molar-refractivity contribution is 5.93. The number of hydrogen-bond acceptors (Lipinski definition) is 5. The topological polar surface area (TPSA) is 83.6 Å². The molecule has 7 heteroatoms. The molecule has 130 valence electrons. The van der Waals surface area contributed by atoms with E-state index in [2.05, 4.69) is 15.6 Å². The number of hydrogen-bond donors (Lipinski definition) is 2. The van der Waals surface area contributed by atoms with E-state index < -0.39 is 0 Å². The van der Waals surface area contributed by atoms with Crippen molar-refractivity contribution < 1.29 is 14.3 Å². The molecule has 0 unspecified atom stereocenters. The van der Waals surface area contributed by atoms with Crippen molar-refractivity contribution in [2.24, 2.45) is 5.92 Å². The minimum absolute atomic E-state index is 0.0644. The fraction of sp³-hybridized carbons (Fsp3) is 0.588. The molecule has 0 bridgehead atoms. The summed E-state index contributed by atoms with van der Waals surface area (Å²) in [5.74, 6) is 0.832. The van der Waals surface area contributed by atoms with Gasteiger partial charge in [0.25, 0.3) is 0 Å². The molecule has 2 fully saturated rings. The second-order valence-corrected chi connectivity index (χ2v) is 6.30. The zero-order valence-corrected chi connectivity index (χ0v) is 14.0. The zero-order valence-electron chi connectivity index (χ0n) is 14.0. The van der Waals surface area contributed by atoms with Crippen molar-refractivity contribution in [3.63, 3.8) is 0 Å². The van der Waals surface area contributed by atoms with Gasteiger partial charge in [0.05, 0.1) is 18.5 Å². The van der Waals surface area contributed by atoms with Crippen LogP contribution in [-0.2, 0) is 9.53 Å². The molecule has 0 radical (unpaired) electrons. The van der Waals surface area contributed by atoms with Crippen molar-refractivity contribution in [3.05, 3.63) is 18.3 Å². The summed E-state index contributed by atoms with van der Waals surface area (Å²) in [5, 5.41) is 6.26. The molecular formula is C17H24N4O3. The van der Waals surface area contributed by atoms with E-state index in [4.69, 9.17) is 4.74 Å². The summed E-state index contributed by atoms with van der Waals surface area (Å²) in [5.41, 5.74) is 0.925. The number of aromatic nitrogens is 1. The normalized spacial score (nSPS) is 18.1. The number of rotatable bonds is 5. The van der Waals surface area contributed by atoms with E-state index >= 15 is 0 Å². The quantitative estimate of drug-likeness (QED) is 0.865. The molecule has 3 rings (SSSR count). The summed E-state index contributed by atoms with van der Waals surface area (Å²) in [6, 6.07) is 4.05. The van der Waals surface area contributed by atoms with Crippen molar-refractivity contribution in [1.82, 2.24) is 9.88 Å². The Hall–Kier alpha value is -2.31. The van der Waals surface area contributed by atoms with Gasteiger partial charge in [0, 0.05) is 25.0 Å². The van der Waals surface area contributed by atoms with Crippen molar-refractivity contribution in [2.75, 3.05) is 30.3 Å². The Morgan fingerprint density at radius 1 is 1.25 bits per heavy atom. The van der Waals surface area contributed by atoms with Crippen molar-refractivity contribution >= 4 is 23.5 Å². The van der Waals surface area contributed by atoms with Gasteiger partial charge in [-0.2, -0.15) is 0 Å². The predicted octanol–water partition coefficient (Wildman–Crippen LogP) is 2.46. The number of anilines is 2. The van der Waals surface area contributed by atoms with Gasteiger partial charge in [-0.1, -0.05) is 0 Å². The number of nitrogens with one attached hydrogen (secondary N) is 2. The van der Waals surface area contributed by atoms with Crippen LogP contribution in [-0.4, -0.2) is 47.6 Å². The average molecular weight is 332 g/mol. The lowest BCUT2D eigenvalue weighted by Gasteiger charge is -2.32. The standard InChI is InChI=1S/C17H24N4O3/c1-2-24-17(23)21-9-7-13(8-10-21)19-14-5-6-15(18-11-14)20-16(22)12-3-4-12/h5-6,11-13,19H,2-4,7-10H2,1H3,(H,18,20,22). The molecule has 0 atom stereocenters. The van der Waals surface area contributed by atoms with Crippen molar-refractivity contribution in [1.29, 1.82) is 0 Å². The van der Waals surface area contributed by atoms with Crippen LogP contribution < -0.4 is 10.6 Å². The van der Waals surface area contributed by atoms with Gasteiger partial charge in [0.2, 0.25) is 5.91 Å². The number of likely N-dealkylation sites (tertiary alicyclic amines) is 1. The molecule has 2 N–H and O–H groups in total. The Balaban J connectivity index is 1.45. The first-order valence-electron chi connectivity index (χ1n) is 8.61. The largest absolute Gasteiger partial charge is 0.450 e. The van der Waals surface area contributed by atoms with Crippen molar-refractivity contribution in [2.45, 2.75) is 38.6 Å². The molecule has 2 amide bonds. The second-order valence-electron chi connectivity index (χ2n) is 6.30.